The van der Waals surface area contributed by atoms with E-state index in [1.54, 1.807) is 12.1 Å². The lowest BCUT2D eigenvalue weighted by atomic mass is 10.1. The van der Waals surface area contributed by atoms with E-state index in [0.717, 1.165) is 19.4 Å². The molecule has 1 aromatic carbocycles. The van der Waals surface area contributed by atoms with Gasteiger partial charge in [-0.2, -0.15) is 0 Å². The molecule has 1 rings (SSSR count). The van der Waals surface area contributed by atoms with Crippen LogP contribution in [0.3, 0.4) is 0 Å². The van der Waals surface area contributed by atoms with Gasteiger partial charge in [0.15, 0.2) is 0 Å². The quantitative estimate of drug-likeness (QED) is 0.718. The fourth-order valence-corrected chi connectivity index (χ4v) is 1.68. The number of nitrogens with two attached hydrogens (primary N) is 1. The number of hydrogen-bond acceptors (Lipinski definition) is 3. The molecule has 0 aliphatic rings. The second-order valence-electron chi connectivity index (χ2n) is 4.06. The number of unbranched alkanes of at least 4 members (excludes halogenated alkanes) is 1. The van der Waals surface area contributed by atoms with E-state index in [1.807, 2.05) is 6.92 Å². The van der Waals surface area contributed by atoms with E-state index in [-0.39, 0.29) is 11.9 Å². The van der Waals surface area contributed by atoms with Crippen LogP contribution in [-0.2, 0) is 0 Å². The van der Waals surface area contributed by atoms with E-state index in [4.69, 9.17) is 10.5 Å². The lowest BCUT2D eigenvalue weighted by Gasteiger charge is -2.15. The van der Waals surface area contributed by atoms with E-state index < -0.39 is 0 Å². The zero-order valence-electron chi connectivity index (χ0n) is 10.5. The van der Waals surface area contributed by atoms with Gasteiger partial charge in [-0.15, -0.1) is 0 Å². The molecule has 3 nitrogen and oxygen atoms in total. The van der Waals surface area contributed by atoms with E-state index in [9.17, 15) is 4.39 Å². The second-order valence-corrected chi connectivity index (χ2v) is 4.06. The van der Waals surface area contributed by atoms with Crippen LogP contribution in [-0.4, -0.2) is 20.2 Å². The third-order valence-corrected chi connectivity index (χ3v) is 2.76. The smallest absolute Gasteiger partial charge is 0.131 e. The third-order valence-electron chi connectivity index (χ3n) is 2.76. The summed E-state index contributed by atoms with van der Waals surface area (Å²) in [6.07, 6.45) is 2.00. The lowest BCUT2D eigenvalue weighted by molar-refractivity contribution is 0.409. The number of ether oxygens (including phenoxy) is 1. The monoisotopic (exact) mass is 240 g/mol. The molecule has 0 fully saturated rings. The maximum atomic E-state index is 13.7. The van der Waals surface area contributed by atoms with Gasteiger partial charge in [0.1, 0.15) is 11.6 Å². The first-order chi connectivity index (χ1) is 8.19. The molecule has 1 aromatic rings. The Balaban J connectivity index is 2.53. The summed E-state index contributed by atoms with van der Waals surface area (Å²) in [5.41, 5.74) is 6.08. The average molecular weight is 240 g/mol. The van der Waals surface area contributed by atoms with Crippen molar-refractivity contribution in [1.82, 2.24) is 5.32 Å². The topological polar surface area (TPSA) is 47.3 Å². The highest BCUT2D eigenvalue weighted by molar-refractivity contribution is 5.30. The van der Waals surface area contributed by atoms with Crippen molar-refractivity contribution >= 4 is 0 Å². The molecule has 0 radical (unpaired) electrons. The van der Waals surface area contributed by atoms with Gasteiger partial charge in [-0.3, -0.25) is 0 Å². The number of rotatable bonds is 7. The maximum Gasteiger partial charge on any atom is 0.131 e. The van der Waals surface area contributed by atoms with Gasteiger partial charge in [0.2, 0.25) is 0 Å². The fraction of sp³-hybridized carbons (Fsp3) is 0.538. The van der Waals surface area contributed by atoms with Crippen molar-refractivity contribution in [2.75, 3.05) is 20.2 Å². The fourth-order valence-electron chi connectivity index (χ4n) is 1.68. The van der Waals surface area contributed by atoms with Gasteiger partial charge in [0.25, 0.3) is 0 Å². The van der Waals surface area contributed by atoms with Gasteiger partial charge in [-0.05, 0) is 38.9 Å². The minimum absolute atomic E-state index is 0.00122. The molecule has 17 heavy (non-hydrogen) atoms. The predicted octanol–water partition coefficient (Wildman–Crippen LogP) is 2.22. The number of halogens is 1. The predicted molar refractivity (Wildman–Crippen MR) is 67.7 cm³/mol. The second kappa shape index (κ2) is 7.25. The van der Waals surface area contributed by atoms with Crippen LogP contribution in [0.1, 0.15) is 31.4 Å². The van der Waals surface area contributed by atoms with E-state index in [0.29, 0.717) is 17.9 Å². The molecular weight excluding hydrogens is 219 g/mol. The van der Waals surface area contributed by atoms with Gasteiger partial charge in [0, 0.05) is 17.7 Å². The molecule has 4 heteroatoms. The minimum atomic E-state index is -0.233. The summed E-state index contributed by atoms with van der Waals surface area (Å²) in [7, 11) is 1.53. The molecule has 0 bridgehead atoms. The molecule has 0 amide bonds. The summed E-state index contributed by atoms with van der Waals surface area (Å²) in [5.74, 6) is 0.310. The Labute approximate surface area is 102 Å². The Kier molecular flexibility index (Phi) is 5.94. The summed E-state index contributed by atoms with van der Waals surface area (Å²) in [6, 6.07) is 4.94. The molecule has 0 spiro atoms. The van der Waals surface area contributed by atoms with Crippen LogP contribution in [0.4, 0.5) is 4.39 Å². The third kappa shape index (κ3) is 4.32. The zero-order chi connectivity index (χ0) is 12.7. The lowest BCUT2D eigenvalue weighted by Crippen LogP contribution is -2.21. The summed E-state index contributed by atoms with van der Waals surface area (Å²) in [6.45, 7) is 3.50. The normalized spacial score (nSPS) is 12.5. The Bertz CT molecular complexity index is 344. The summed E-state index contributed by atoms with van der Waals surface area (Å²) >= 11 is 0. The van der Waals surface area contributed by atoms with Crippen molar-refractivity contribution in [3.05, 3.63) is 29.6 Å². The largest absolute Gasteiger partial charge is 0.497 e. The highest BCUT2D eigenvalue weighted by Crippen LogP contribution is 2.21. The van der Waals surface area contributed by atoms with Crippen LogP contribution in [0, 0.1) is 5.82 Å². The molecule has 0 saturated heterocycles. The van der Waals surface area contributed by atoms with Gasteiger partial charge < -0.3 is 15.8 Å². The molecular formula is C13H21FN2O. The first kappa shape index (κ1) is 13.9. The summed E-state index contributed by atoms with van der Waals surface area (Å²) in [4.78, 5) is 0. The highest BCUT2D eigenvalue weighted by atomic mass is 19.1. The van der Waals surface area contributed by atoms with Crippen LogP contribution in [0.5, 0.6) is 5.75 Å². The van der Waals surface area contributed by atoms with Crippen molar-refractivity contribution in [2.45, 2.75) is 25.8 Å². The SMILES string of the molecule is COc1ccc(C(C)NCCCCN)c(F)c1. The van der Waals surface area contributed by atoms with Crippen molar-refractivity contribution < 1.29 is 9.13 Å². The van der Waals surface area contributed by atoms with Crippen molar-refractivity contribution in [1.29, 1.82) is 0 Å². The number of methoxy groups -OCH3 is 1. The van der Waals surface area contributed by atoms with E-state index >= 15 is 0 Å². The van der Waals surface area contributed by atoms with E-state index in [1.165, 1.54) is 13.2 Å². The molecule has 1 atom stereocenters. The average Bonchev–Trinajstić information content (AvgIpc) is 2.34. The Morgan fingerprint density at radius 3 is 2.76 bits per heavy atom. The van der Waals surface area contributed by atoms with Crippen LogP contribution in [0.25, 0.3) is 0 Å². The molecule has 0 aliphatic heterocycles. The molecule has 0 saturated carbocycles. The minimum Gasteiger partial charge on any atom is -0.497 e. The first-order valence-electron chi connectivity index (χ1n) is 5.96. The van der Waals surface area contributed by atoms with Crippen LogP contribution >= 0.6 is 0 Å². The Morgan fingerprint density at radius 1 is 1.41 bits per heavy atom. The molecule has 96 valence electrons. The van der Waals surface area contributed by atoms with Gasteiger partial charge in [0.05, 0.1) is 7.11 Å². The number of hydrogen-bond donors (Lipinski definition) is 2. The maximum absolute atomic E-state index is 13.7. The van der Waals surface area contributed by atoms with Crippen molar-refractivity contribution in [3.8, 4) is 5.75 Å². The molecule has 0 aromatic heterocycles. The van der Waals surface area contributed by atoms with Crippen molar-refractivity contribution in [3.63, 3.8) is 0 Å². The molecule has 0 aliphatic carbocycles. The van der Waals surface area contributed by atoms with Gasteiger partial charge in [-0.1, -0.05) is 6.07 Å². The Morgan fingerprint density at radius 2 is 2.18 bits per heavy atom. The van der Waals surface area contributed by atoms with Gasteiger partial charge in [-0.25, -0.2) is 4.39 Å². The summed E-state index contributed by atoms with van der Waals surface area (Å²) in [5, 5.41) is 3.28. The first-order valence-corrected chi connectivity index (χ1v) is 5.96. The zero-order valence-corrected chi connectivity index (χ0v) is 10.5. The highest BCUT2D eigenvalue weighted by Gasteiger charge is 2.10. The van der Waals surface area contributed by atoms with Gasteiger partial charge >= 0.3 is 0 Å². The molecule has 0 heterocycles. The van der Waals surface area contributed by atoms with Crippen LogP contribution < -0.4 is 15.8 Å². The van der Waals surface area contributed by atoms with Crippen LogP contribution in [0.2, 0.25) is 0 Å². The number of benzene rings is 1. The number of nitrogens with one attached hydrogen (secondary N) is 1. The van der Waals surface area contributed by atoms with E-state index in [2.05, 4.69) is 5.32 Å². The summed E-state index contributed by atoms with van der Waals surface area (Å²) < 4.78 is 18.7. The standard InChI is InChI=1S/C13H21FN2O/c1-10(16-8-4-3-7-15)12-6-5-11(17-2)9-13(12)14/h5-6,9-10,16H,3-4,7-8,15H2,1-2H3. The van der Waals surface area contributed by atoms with Crippen LogP contribution in [0.15, 0.2) is 18.2 Å². The Hall–Kier alpha value is -1.13. The molecule has 1 unspecified atom stereocenters. The molecule has 3 N–H and O–H groups in total. The van der Waals surface area contributed by atoms with Crippen molar-refractivity contribution in [2.24, 2.45) is 5.73 Å².